The van der Waals surface area contributed by atoms with Gasteiger partial charge in [0.15, 0.2) is 0 Å². The highest BCUT2D eigenvalue weighted by molar-refractivity contribution is 6.30. The maximum absolute atomic E-state index is 6.10. The average Bonchev–Trinajstić information content (AvgIpc) is 2.55. The topological polar surface area (TPSA) is 21.3 Å². The highest BCUT2D eigenvalue weighted by Gasteiger charge is 2.34. The van der Waals surface area contributed by atoms with Crippen LogP contribution in [0.5, 0.6) is 0 Å². The Bertz CT molecular complexity index is 519. The van der Waals surface area contributed by atoms with E-state index in [4.69, 9.17) is 16.3 Å². The molecule has 1 aliphatic carbocycles. The van der Waals surface area contributed by atoms with E-state index in [0.29, 0.717) is 11.5 Å². The van der Waals surface area contributed by atoms with Crippen LogP contribution in [0, 0.1) is 0 Å². The zero-order valence-electron chi connectivity index (χ0n) is 15.2. The van der Waals surface area contributed by atoms with Crippen molar-refractivity contribution in [1.29, 1.82) is 0 Å². The molecule has 3 heteroatoms. The maximum Gasteiger partial charge on any atom is 0.0641 e. The molecular weight excluding hydrogens is 318 g/mol. The SMILES string of the molecule is CC1(C)C[C@@H](NCCC2(c3ccc(Cl)cc3)CCCCC2)CCO1. The predicted molar refractivity (Wildman–Crippen MR) is 102 cm³/mol. The first-order valence-corrected chi connectivity index (χ1v) is 10.0. The summed E-state index contributed by atoms with van der Waals surface area (Å²) in [5.41, 5.74) is 1.85. The Balaban J connectivity index is 1.61. The molecule has 1 aliphatic heterocycles. The number of hydrogen-bond acceptors (Lipinski definition) is 2. The fourth-order valence-electron chi connectivity index (χ4n) is 4.64. The van der Waals surface area contributed by atoms with Crippen molar-refractivity contribution in [2.24, 2.45) is 0 Å². The third-order valence-corrected chi connectivity index (χ3v) is 6.25. The first-order chi connectivity index (χ1) is 11.5. The van der Waals surface area contributed by atoms with E-state index in [1.165, 1.54) is 44.1 Å². The molecular formula is C21H32ClNO. The summed E-state index contributed by atoms with van der Waals surface area (Å²) in [6.07, 6.45) is 10.2. The summed E-state index contributed by atoms with van der Waals surface area (Å²) in [6.45, 7) is 6.39. The molecule has 2 nitrogen and oxygen atoms in total. The summed E-state index contributed by atoms with van der Waals surface area (Å²) < 4.78 is 5.84. The molecule has 134 valence electrons. The lowest BCUT2D eigenvalue weighted by atomic mass is 9.67. The molecule has 0 radical (unpaired) electrons. The number of benzene rings is 1. The Kier molecular flexibility index (Phi) is 5.89. The van der Waals surface area contributed by atoms with Crippen LogP contribution in [0.15, 0.2) is 24.3 Å². The van der Waals surface area contributed by atoms with E-state index in [0.717, 1.165) is 31.0 Å². The van der Waals surface area contributed by atoms with Crippen molar-refractivity contribution in [3.05, 3.63) is 34.9 Å². The third-order valence-electron chi connectivity index (χ3n) is 6.00. The molecule has 1 atom stereocenters. The summed E-state index contributed by atoms with van der Waals surface area (Å²) in [6, 6.07) is 9.22. The van der Waals surface area contributed by atoms with Gasteiger partial charge in [-0.1, -0.05) is 43.0 Å². The Morgan fingerprint density at radius 1 is 1.12 bits per heavy atom. The van der Waals surface area contributed by atoms with E-state index in [9.17, 15) is 0 Å². The van der Waals surface area contributed by atoms with Crippen molar-refractivity contribution < 1.29 is 4.74 Å². The second-order valence-electron chi connectivity index (χ2n) is 8.35. The smallest absolute Gasteiger partial charge is 0.0641 e. The summed E-state index contributed by atoms with van der Waals surface area (Å²) in [5, 5.41) is 4.66. The van der Waals surface area contributed by atoms with Gasteiger partial charge in [-0.25, -0.2) is 0 Å². The molecule has 1 saturated heterocycles. The van der Waals surface area contributed by atoms with Gasteiger partial charge in [0.2, 0.25) is 0 Å². The second-order valence-corrected chi connectivity index (χ2v) is 8.79. The Hall–Kier alpha value is -0.570. The zero-order valence-corrected chi connectivity index (χ0v) is 16.0. The monoisotopic (exact) mass is 349 g/mol. The lowest BCUT2D eigenvalue weighted by Gasteiger charge is -2.40. The number of hydrogen-bond donors (Lipinski definition) is 1. The number of ether oxygens (including phenoxy) is 1. The number of nitrogens with one attached hydrogen (secondary N) is 1. The van der Waals surface area contributed by atoms with Crippen LogP contribution in [0.25, 0.3) is 0 Å². The molecule has 1 N–H and O–H groups in total. The van der Waals surface area contributed by atoms with Crippen molar-refractivity contribution in [3.63, 3.8) is 0 Å². The molecule has 0 bridgehead atoms. The molecule has 0 spiro atoms. The van der Waals surface area contributed by atoms with Gasteiger partial charge in [-0.2, -0.15) is 0 Å². The van der Waals surface area contributed by atoms with Gasteiger partial charge < -0.3 is 10.1 Å². The van der Waals surface area contributed by atoms with Gasteiger partial charge in [-0.3, -0.25) is 0 Å². The standard InChI is InChI=1S/C21H32ClNO/c1-20(2)16-19(10-15-24-20)23-14-13-21(11-4-3-5-12-21)17-6-8-18(22)9-7-17/h6-9,19,23H,3-5,10-16H2,1-2H3/t19-/m0/s1. The normalized spacial score (nSPS) is 26.2. The molecule has 0 aromatic heterocycles. The lowest BCUT2D eigenvalue weighted by Crippen LogP contribution is -2.45. The van der Waals surface area contributed by atoms with Crippen LogP contribution >= 0.6 is 11.6 Å². The summed E-state index contributed by atoms with van der Waals surface area (Å²) in [4.78, 5) is 0. The molecule has 2 fully saturated rings. The van der Waals surface area contributed by atoms with E-state index in [2.05, 4.69) is 43.4 Å². The van der Waals surface area contributed by atoms with Crippen molar-refractivity contribution in [2.75, 3.05) is 13.2 Å². The summed E-state index contributed by atoms with van der Waals surface area (Å²) in [5.74, 6) is 0. The Morgan fingerprint density at radius 2 is 1.83 bits per heavy atom. The first-order valence-electron chi connectivity index (χ1n) is 9.63. The Labute approximate surface area is 152 Å². The molecule has 1 aromatic carbocycles. The van der Waals surface area contributed by atoms with Crippen LogP contribution in [-0.2, 0) is 10.2 Å². The minimum atomic E-state index is 0.0224. The highest BCUT2D eigenvalue weighted by Crippen LogP contribution is 2.42. The van der Waals surface area contributed by atoms with Crippen LogP contribution in [0.1, 0.15) is 70.8 Å². The van der Waals surface area contributed by atoms with Gasteiger partial charge in [0, 0.05) is 17.7 Å². The van der Waals surface area contributed by atoms with Crippen LogP contribution in [-0.4, -0.2) is 24.8 Å². The molecule has 1 saturated carbocycles. The van der Waals surface area contributed by atoms with E-state index in [1.807, 2.05) is 0 Å². The van der Waals surface area contributed by atoms with Gasteiger partial charge in [0.25, 0.3) is 0 Å². The first kappa shape index (κ1) is 18.2. The van der Waals surface area contributed by atoms with Gasteiger partial charge >= 0.3 is 0 Å². The summed E-state index contributed by atoms with van der Waals surface area (Å²) >= 11 is 6.10. The third kappa shape index (κ3) is 4.53. The van der Waals surface area contributed by atoms with Crippen molar-refractivity contribution in [1.82, 2.24) is 5.32 Å². The van der Waals surface area contributed by atoms with Crippen molar-refractivity contribution in [3.8, 4) is 0 Å². The van der Waals surface area contributed by atoms with Gasteiger partial charge in [-0.05, 0) is 75.6 Å². The van der Waals surface area contributed by atoms with Gasteiger partial charge in [-0.15, -0.1) is 0 Å². The van der Waals surface area contributed by atoms with Crippen LogP contribution in [0.3, 0.4) is 0 Å². The van der Waals surface area contributed by atoms with Gasteiger partial charge in [0.05, 0.1) is 5.60 Å². The molecule has 0 unspecified atom stereocenters. The number of rotatable bonds is 5. The van der Waals surface area contributed by atoms with E-state index in [-0.39, 0.29) is 5.60 Å². The molecule has 1 heterocycles. The fraction of sp³-hybridized carbons (Fsp3) is 0.714. The van der Waals surface area contributed by atoms with Crippen molar-refractivity contribution >= 4 is 11.6 Å². The van der Waals surface area contributed by atoms with Crippen LogP contribution in [0.4, 0.5) is 0 Å². The quantitative estimate of drug-likeness (QED) is 0.760. The maximum atomic E-state index is 6.10. The number of halogens is 1. The molecule has 3 rings (SSSR count). The fourth-order valence-corrected chi connectivity index (χ4v) is 4.76. The van der Waals surface area contributed by atoms with E-state index < -0.39 is 0 Å². The van der Waals surface area contributed by atoms with E-state index in [1.54, 1.807) is 0 Å². The van der Waals surface area contributed by atoms with Crippen LogP contribution in [0.2, 0.25) is 5.02 Å². The molecule has 1 aromatic rings. The lowest BCUT2D eigenvalue weighted by molar-refractivity contribution is -0.0629. The molecule has 2 aliphatic rings. The second kappa shape index (κ2) is 7.76. The van der Waals surface area contributed by atoms with Crippen LogP contribution < -0.4 is 5.32 Å². The largest absolute Gasteiger partial charge is 0.375 e. The average molecular weight is 350 g/mol. The minimum Gasteiger partial charge on any atom is -0.375 e. The predicted octanol–water partition coefficient (Wildman–Crippen LogP) is 5.48. The van der Waals surface area contributed by atoms with E-state index >= 15 is 0 Å². The Morgan fingerprint density at radius 3 is 2.50 bits per heavy atom. The highest BCUT2D eigenvalue weighted by atomic mass is 35.5. The summed E-state index contributed by atoms with van der Waals surface area (Å²) in [7, 11) is 0. The zero-order chi connectivity index (χ0) is 17.0. The van der Waals surface area contributed by atoms with Crippen molar-refractivity contribution in [2.45, 2.75) is 82.3 Å². The molecule has 24 heavy (non-hydrogen) atoms. The minimum absolute atomic E-state index is 0.0224. The van der Waals surface area contributed by atoms with Gasteiger partial charge in [0.1, 0.15) is 0 Å². The molecule has 0 amide bonds.